The van der Waals surface area contributed by atoms with Gasteiger partial charge in [-0.2, -0.15) is 0 Å². The molecule has 2 atom stereocenters. The second-order valence-electron chi connectivity index (χ2n) is 9.50. The molecule has 2 fully saturated rings. The Morgan fingerprint density at radius 2 is 1.05 bits per heavy atom. The Morgan fingerprint density at radius 1 is 0.707 bits per heavy atom. The predicted molar refractivity (Wildman–Crippen MR) is 143 cm³/mol. The van der Waals surface area contributed by atoms with E-state index in [0.29, 0.717) is 50.4 Å². The van der Waals surface area contributed by atoms with Crippen molar-refractivity contribution in [1.82, 2.24) is 25.8 Å². The number of carboxylic acid groups (broad SMARTS) is 4. The molecule has 1 aromatic rings. The largest absolute Gasteiger partial charge is 0.481 e. The van der Waals surface area contributed by atoms with E-state index in [1.54, 1.807) is 24.3 Å². The molecule has 0 aromatic heterocycles. The van der Waals surface area contributed by atoms with E-state index < -0.39 is 47.8 Å². The molecule has 2 aliphatic heterocycles. The molecular weight excluding hydrogens is 542 g/mol. The van der Waals surface area contributed by atoms with Gasteiger partial charge >= 0.3 is 23.9 Å². The van der Waals surface area contributed by atoms with Gasteiger partial charge in [-0.1, -0.05) is 38.1 Å². The number of aliphatic carboxylic acids is 4. The topological polar surface area (TPSA) is 226 Å². The lowest BCUT2D eigenvalue weighted by molar-refractivity contribution is -0.150. The van der Waals surface area contributed by atoms with E-state index in [0.717, 1.165) is 0 Å². The van der Waals surface area contributed by atoms with E-state index in [1.165, 1.54) is 0 Å². The molecule has 2 aliphatic rings. The van der Waals surface area contributed by atoms with Crippen molar-refractivity contribution in [2.75, 3.05) is 52.4 Å². The number of carbonyl (C=O) groups is 6. The average Bonchev–Trinajstić information content (AvgIpc) is 2.90. The summed E-state index contributed by atoms with van der Waals surface area (Å²) in [5.74, 6) is -5.09. The number of nitrogens with zero attached hydrogens (tertiary/aromatic N) is 2. The molecule has 2 amide bonds. The number of hydrogen-bond donors (Lipinski definition) is 7. The first kappa shape index (κ1) is 33.1. The highest BCUT2D eigenvalue weighted by Crippen LogP contribution is 2.38. The van der Waals surface area contributed by atoms with E-state index in [2.05, 4.69) is 16.0 Å². The summed E-state index contributed by atoms with van der Waals surface area (Å²) in [6.45, 7) is 5.96. The summed E-state index contributed by atoms with van der Waals surface area (Å²) in [5.41, 5.74) is -1.77. The van der Waals surface area contributed by atoms with Gasteiger partial charge in [0.15, 0.2) is 0 Å². The van der Waals surface area contributed by atoms with Crippen LogP contribution in [0.1, 0.15) is 37.8 Å². The van der Waals surface area contributed by atoms with Crippen LogP contribution in [0, 0.1) is 0 Å². The summed E-state index contributed by atoms with van der Waals surface area (Å²) < 4.78 is 0. The molecule has 2 heterocycles. The Balaban J connectivity index is 0.000000564. The van der Waals surface area contributed by atoms with Crippen LogP contribution in [0.4, 0.5) is 0 Å². The van der Waals surface area contributed by atoms with Crippen LogP contribution < -0.4 is 16.0 Å². The number of rotatable bonds is 12. The monoisotopic (exact) mass is 579 g/mol. The fourth-order valence-corrected chi connectivity index (χ4v) is 5.38. The smallest absolute Gasteiger partial charge is 0.317 e. The van der Waals surface area contributed by atoms with Gasteiger partial charge in [0.05, 0.1) is 25.9 Å². The van der Waals surface area contributed by atoms with Gasteiger partial charge in [0.1, 0.15) is 11.1 Å². The Labute approximate surface area is 236 Å². The van der Waals surface area contributed by atoms with Crippen molar-refractivity contribution in [1.29, 1.82) is 0 Å². The van der Waals surface area contributed by atoms with Crippen LogP contribution in [0.5, 0.6) is 0 Å². The van der Waals surface area contributed by atoms with Gasteiger partial charge in [-0.25, -0.2) is 0 Å². The zero-order valence-electron chi connectivity index (χ0n) is 23.0. The molecule has 0 radical (unpaired) electrons. The van der Waals surface area contributed by atoms with Crippen LogP contribution in [-0.4, -0.2) is 118 Å². The van der Waals surface area contributed by atoms with E-state index in [4.69, 9.17) is 10.2 Å². The fraction of sp³-hybridized carbons (Fsp3) is 0.538. The molecule has 15 nitrogen and oxygen atoms in total. The highest BCUT2D eigenvalue weighted by Gasteiger charge is 2.51. The molecule has 0 aliphatic carbocycles. The summed E-state index contributed by atoms with van der Waals surface area (Å²) in [7, 11) is 0. The lowest BCUT2D eigenvalue weighted by atomic mass is 9.78. The number of benzene rings is 1. The molecule has 15 heteroatoms. The molecule has 3 rings (SSSR count). The molecule has 0 spiro atoms. The number of piperazine rings is 2. The molecule has 1 aromatic carbocycles. The quantitative estimate of drug-likeness (QED) is 0.153. The first-order chi connectivity index (χ1) is 19.3. The molecule has 2 saturated heterocycles. The first-order valence-electron chi connectivity index (χ1n) is 13.1. The summed E-state index contributed by atoms with van der Waals surface area (Å²) >= 11 is 0. The number of nitrogens with one attached hydrogen (secondary N) is 3. The molecule has 41 heavy (non-hydrogen) atoms. The van der Waals surface area contributed by atoms with E-state index in [9.17, 15) is 39.0 Å². The Bertz CT molecular complexity index is 1060. The third kappa shape index (κ3) is 7.56. The number of hydrogen-bond acceptors (Lipinski definition) is 9. The van der Waals surface area contributed by atoms with Crippen molar-refractivity contribution in [2.45, 2.75) is 37.8 Å². The second-order valence-corrected chi connectivity index (χ2v) is 9.50. The van der Waals surface area contributed by atoms with Gasteiger partial charge in [0.2, 0.25) is 11.8 Å². The number of carboxylic acids is 4. The van der Waals surface area contributed by atoms with E-state index in [-0.39, 0.29) is 24.9 Å². The minimum absolute atomic E-state index is 0.313. The Morgan fingerprint density at radius 3 is 1.32 bits per heavy atom. The van der Waals surface area contributed by atoms with Gasteiger partial charge in [0, 0.05) is 26.2 Å². The van der Waals surface area contributed by atoms with Crippen LogP contribution in [-0.2, 0) is 39.8 Å². The number of carbonyl (C=O) groups excluding carboxylic acids is 2. The molecule has 0 saturated carbocycles. The maximum Gasteiger partial charge on any atom is 0.317 e. The summed E-state index contributed by atoms with van der Waals surface area (Å²) in [4.78, 5) is 72.6. The maximum atomic E-state index is 13.0. The zero-order valence-corrected chi connectivity index (χ0v) is 23.0. The Kier molecular flexibility index (Phi) is 11.7. The number of amides is 2. The number of likely N-dealkylation sites (N-methyl/N-ethyl adjacent to an activating group) is 2. The van der Waals surface area contributed by atoms with Crippen molar-refractivity contribution in [3.8, 4) is 0 Å². The highest BCUT2D eigenvalue weighted by molar-refractivity contribution is 5.94. The van der Waals surface area contributed by atoms with Gasteiger partial charge in [-0.15, -0.1) is 0 Å². The first-order valence-corrected chi connectivity index (χ1v) is 13.1. The summed E-state index contributed by atoms with van der Waals surface area (Å²) in [5, 5.41) is 42.9. The van der Waals surface area contributed by atoms with Crippen molar-refractivity contribution in [3.63, 3.8) is 0 Å². The minimum Gasteiger partial charge on any atom is -0.481 e. The van der Waals surface area contributed by atoms with Crippen molar-refractivity contribution < 1.29 is 49.2 Å². The highest BCUT2D eigenvalue weighted by atomic mass is 16.4. The third-order valence-corrected chi connectivity index (χ3v) is 7.14. The molecule has 7 N–H and O–H groups in total. The molecule has 0 bridgehead atoms. The second kappa shape index (κ2) is 14.5. The van der Waals surface area contributed by atoms with Crippen LogP contribution in [0.25, 0.3) is 0 Å². The zero-order chi connectivity index (χ0) is 30.8. The van der Waals surface area contributed by atoms with Gasteiger partial charge < -0.3 is 31.1 Å². The Hall–Kier alpha value is -4.08. The fourth-order valence-electron chi connectivity index (χ4n) is 5.38. The van der Waals surface area contributed by atoms with Gasteiger partial charge in [-0.3, -0.25) is 43.9 Å². The molecule has 2 unspecified atom stereocenters. The van der Waals surface area contributed by atoms with Crippen molar-refractivity contribution >= 4 is 35.7 Å². The van der Waals surface area contributed by atoms with E-state index in [1.807, 2.05) is 23.6 Å². The van der Waals surface area contributed by atoms with E-state index >= 15 is 0 Å². The van der Waals surface area contributed by atoms with Crippen LogP contribution >= 0.6 is 0 Å². The third-order valence-electron chi connectivity index (χ3n) is 7.14. The molecule has 226 valence electrons. The normalized spacial score (nSPS) is 23.0. The maximum absolute atomic E-state index is 13.0. The van der Waals surface area contributed by atoms with Crippen LogP contribution in [0.15, 0.2) is 24.3 Å². The standard InChI is InChI=1S/C22H30N4O6.C4H7NO4/c1-3-25-11-9-23-19(31)21(25,13-17(27)28)15-5-7-16(8-6-15)22(14-18(29)30)20(32)24-10-12-26(22)4-2;6-3(7)1-5-2-4(8)9/h5-8H,3-4,9-14H2,1-2H3,(H,23,31)(H,24,32)(H,27,28)(H,29,30);5H,1-2H2,(H,6,7)(H,8,9). The lowest BCUT2D eigenvalue weighted by Crippen LogP contribution is -2.64. The van der Waals surface area contributed by atoms with Crippen molar-refractivity contribution in [2.24, 2.45) is 0 Å². The van der Waals surface area contributed by atoms with Crippen LogP contribution in [0.3, 0.4) is 0 Å². The van der Waals surface area contributed by atoms with Gasteiger partial charge in [0.25, 0.3) is 0 Å². The minimum atomic E-state index is -1.38. The predicted octanol–water partition coefficient (Wildman–Crippen LogP) is -1.32. The SMILES string of the molecule is CCN1CCNC(=O)C1(CC(=O)O)c1ccc(C2(CC(=O)O)C(=O)NCCN2CC)cc1.O=C(O)CNCC(=O)O. The van der Waals surface area contributed by atoms with Crippen molar-refractivity contribution in [3.05, 3.63) is 35.4 Å². The van der Waals surface area contributed by atoms with Crippen LogP contribution in [0.2, 0.25) is 0 Å². The summed E-state index contributed by atoms with van der Waals surface area (Å²) in [6.07, 6.45) is -0.818. The molecular formula is C26H37N5O10. The van der Waals surface area contributed by atoms with Gasteiger partial charge in [-0.05, 0) is 24.2 Å². The summed E-state index contributed by atoms with van der Waals surface area (Å²) in [6, 6.07) is 6.58. The lowest BCUT2D eigenvalue weighted by Gasteiger charge is -2.46. The average molecular weight is 580 g/mol.